The lowest BCUT2D eigenvalue weighted by molar-refractivity contribution is 0.0285. The lowest BCUT2D eigenvalue weighted by atomic mass is 9.87. The zero-order chi connectivity index (χ0) is 26.2. The predicted octanol–water partition coefficient (Wildman–Crippen LogP) is 4.73. The van der Waals surface area contributed by atoms with E-state index < -0.39 is 11.5 Å². The number of ether oxygens (including phenoxy) is 2. The molecule has 0 radical (unpaired) electrons. The SMILES string of the molecule is CC(C)(C)OC(=O)N1CCC(C2CCNn3c2nc(-c2ccc(Oc4ccccc4)cc2)c3C(N)=O)C1. The third kappa shape index (κ3) is 5.26. The molecule has 1 fully saturated rings. The molecule has 2 aliphatic heterocycles. The van der Waals surface area contributed by atoms with Crippen LogP contribution < -0.4 is 15.9 Å². The summed E-state index contributed by atoms with van der Waals surface area (Å²) >= 11 is 0. The van der Waals surface area contributed by atoms with Crippen molar-refractivity contribution in [2.45, 2.75) is 45.1 Å². The number of likely N-dealkylation sites (tertiary alicyclic amines) is 1. The first kappa shape index (κ1) is 24.7. The Morgan fingerprint density at radius 3 is 2.41 bits per heavy atom. The number of fused-ring (bicyclic) bond motifs is 1. The van der Waals surface area contributed by atoms with Crippen LogP contribution in [0.2, 0.25) is 0 Å². The minimum absolute atomic E-state index is 0.0845. The Morgan fingerprint density at radius 2 is 1.73 bits per heavy atom. The van der Waals surface area contributed by atoms with Crippen molar-refractivity contribution in [1.82, 2.24) is 14.6 Å². The number of nitrogens with two attached hydrogens (primary N) is 1. The van der Waals surface area contributed by atoms with Crippen LogP contribution in [0.1, 0.15) is 55.8 Å². The fraction of sp³-hybridized carbons (Fsp3) is 0.393. The summed E-state index contributed by atoms with van der Waals surface area (Å²) in [6, 6.07) is 17.0. The second-order valence-electron chi connectivity index (χ2n) is 10.6. The Bertz CT molecular complexity index is 1280. The topological polar surface area (TPSA) is 112 Å². The zero-order valence-corrected chi connectivity index (χ0v) is 21.4. The van der Waals surface area contributed by atoms with Gasteiger partial charge in [0.25, 0.3) is 5.91 Å². The first-order valence-corrected chi connectivity index (χ1v) is 12.7. The van der Waals surface area contributed by atoms with E-state index in [1.165, 1.54) is 0 Å². The summed E-state index contributed by atoms with van der Waals surface area (Å²) in [5, 5.41) is 0. The molecule has 9 nitrogen and oxygen atoms in total. The number of hydrogen-bond acceptors (Lipinski definition) is 6. The minimum Gasteiger partial charge on any atom is -0.457 e. The number of imidazole rings is 1. The molecule has 2 unspecified atom stereocenters. The number of hydrogen-bond donors (Lipinski definition) is 2. The molecule has 9 heteroatoms. The molecule has 0 bridgehead atoms. The average Bonchev–Trinajstić information content (AvgIpc) is 3.50. The molecule has 2 aliphatic rings. The fourth-order valence-corrected chi connectivity index (χ4v) is 5.10. The molecule has 3 N–H and O–H groups in total. The van der Waals surface area contributed by atoms with Gasteiger partial charge in [0, 0.05) is 31.1 Å². The Hall–Kier alpha value is -4.01. The van der Waals surface area contributed by atoms with Gasteiger partial charge in [-0.25, -0.2) is 14.5 Å². The number of amides is 2. The molecule has 0 aliphatic carbocycles. The van der Waals surface area contributed by atoms with Crippen molar-refractivity contribution in [3.05, 3.63) is 66.1 Å². The number of benzene rings is 2. The Labute approximate surface area is 216 Å². The normalized spacial score (nSPS) is 19.2. The van der Waals surface area contributed by atoms with Crippen LogP contribution in [0.3, 0.4) is 0 Å². The Morgan fingerprint density at radius 1 is 1.03 bits per heavy atom. The molecule has 0 spiro atoms. The molecule has 2 atom stereocenters. The number of carbonyl (C=O) groups is 2. The van der Waals surface area contributed by atoms with Crippen LogP contribution in [0.5, 0.6) is 11.5 Å². The molecular weight excluding hydrogens is 470 g/mol. The summed E-state index contributed by atoms with van der Waals surface area (Å²) in [5.74, 6) is 1.95. The zero-order valence-electron chi connectivity index (χ0n) is 21.4. The van der Waals surface area contributed by atoms with Crippen molar-refractivity contribution in [3.63, 3.8) is 0 Å². The lowest BCUT2D eigenvalue weighted by Crippen LogP contribution is -2.37. The highest BCUT2D eigenvalue weighted by Gasteiger charge is 2.39. The summed E-state index contributed by atoms with van der Waals surface area (Å²) in [7, 11) is 0. The van der Waals surface area contributed by atoms with Crippen LogP contribution in [0.25, 0.3) is 11.3 Å². The van der Waals surface area contributed by atoms with E-state index in [0.717, 1.165) is 30.0 Å². The maximum absolute atomic E-state index is 12.6. The van der Waals surface area contributed by atoms with Crippen molar-refractivity contribution < 1.29 is 19.1 Å². The van der Waals surface area contributed by atoms with E-state index in [1.54, 1.807) is 9.58 Å². The molecule has 2 aromatic carbocycles. The minimum atomic E-state index is -0.548. The number of carbonyl (C=O) groups excluding carboxylic acids is 2. The quantitative estimate of drug-likeness (QED) is 0.521. The third-order valence-corrected chi connectivity index (χ3v) is 6.75. The highest BCUT2D eigenvalue weighted by molar-refractivity contribution is 5.97. The molecular formula is C28H33N5O4. The van der Waals surface area contributed by atoms with Crippen molar-refractivity contribution in [1.29, 1.82) is 0 Å². The number of nitrogens with one attached hydrogen (secondary N) is 1. The van der Waals surface area contributed by atoms with E-state index in [2.05, 4.69) is 5.43 Å². The molecule has 37 heavy (non-hydrogen) atoms. The molecule has 1 saturated heterocycles. The van der Waals surface area contributed by atoms with Gasteiger partial charge in [0.2, 0.25) is 0 Å². The fourth-order valence-electron chi connectivity index (χ4n) is 5.10. The summed E-state index contributed by atoms with van der Waals surface area (Å²) < 4.78 is 13.2. The van der Waals surface area contributed by atoms with Crippen LogP contribution in [-0.4, -0.2) is 51.8 Å². The van der Waals surface area contributed by atoms with Crippen LogP contribution in [0.15, 0.2) is 54.6 Å². The first-order valence-electron chi connectivity index (χ1n) is 12.7. The monoisotopic (exact) mass is 503 g/mol. The second-order valence-corrected chi connectivity index (χ2v) is 10.6. The molecule has 3 aromatic rings. The van der Waals surface area contributed by atoms with Gasteiger partial charge >= 0.3 is 6.09 Å². The molecule has 194 valence electrons. The van der Waals surface area contributed by atoms with Crippen molar-refractivity contribution in [2.24, 2.45) is 11.7 Å². The number of para-hydroxylation sites is 1. The van der Waals surface area contributed by atoms with E-state index in [4.69, 9.17) is 20.2 Å². The third-order valence-electron chi connectivity index (χ3n) is 6.75. The van der Waals surface area contributed by atoms with Gasteiger partial charge in [-0.3, -0.25) is 4.79 Å². The molecule has 1 aromatic heterocycles. The van der Waals surface area contributed by atoms with E-state index in [-0.39, 0.29) is 17.9 Å². The van der Waals surface area contributed by atoms with E-state index >= 15 is 0 Å². The van der Waals surface area contributed by atoms with Gasteiger partial charge in [-0.15, -0.1) is 0 Å². The second kappa shape index (κ2) is 9.80. The van der Waals surface area contributed by atoms with E-state index in [9.17, 15) is 9.59 Å². The Kier molecular flexibility index (Phi) is 6.54. The van der Waals surface area contributed by atoms with Gasteiger partial charge in [0.1, 0.15) is 28.6 Å². The van der Waals surface area contributed by atoms with Crippen LogP contribution >= 0.6 is 0 Å². The van der Waals surface area contributed by atoms with E-state index in [1.807, 2.05) is 75.4 Å². The van der Waals surface area contributed by atoms with Gasteiger partial charge < -0.3 is 25.5 Å². The molecule has 5 rings (SSSR count). The molecule has 2 amide bonds. The summed E-state index contributed by atoms with van der Waals surface area (Å²) in [5.41, 5.74) is 10.2. The standard InChI is InChI=1S/C28H33N5O4/c1-28(2,3)37-27(35)32-16-14-19(17-32)22-13-15-30-33-24(25(29)34)23(31-26(22)33)18-9-11-21(12-10-18)36-20-7-5-4-6-8-20/h4-12,19,22,30H,13-17H2,1-3H3,(H2,29,34). The van der Waals surface area contributed by atoms with Crippen molar-refractivity contribution in [3.8, 4) is 22.8 Å². The van der Waals surface area contributed by atoms with Crippen LogP contribution in [0, 0.1) is 5.92 Å². The van der Waals surface area contributed by atoms with Gasteiger partial charge in [0.05, 0.1) is 0 Å². The molecule has 0 saturated carbocycles. The maximum atomic E-state index is 12.6. The number of aromatic nitrogens is 2. The Balaban J connectivity index is 1.39. The number of rotatable bonds is 5. The maximum Gasteiger partial charge on any atom is 0.410 e. The number of nitrogens with zero attached hydrogens (tertiary/aromatic N) is 3. The van der Waals surface area contributed by atoms with Gasteiger partial charge in [-0.2, -0.15) is 0 Å². The average molecular weight is 504 g/mol. The predicted molar refractivity (Wildman–Crippen MR) is 140 cm³/mol. The van der Waals surface area contributed by atoms with Gasteiger partial charge in [-0.05, 0) is 75.9 Å². The number of primary amides is 1. The highest BCUT2D eigenvalue weighted by atomic mass is 16.6. The largest absolute Gasteiger partial charge is 0.457 e. The smallest absolute Gasteiger partial charge is 0.410 e. The highest BCUT2D eigenvalue weighted by Crippen LogP contribution is 2.39. The lowest BCUT2D eigenvalue weighted by Gasteiger charge is -2.30. The van der Waals surface area contributed by atoms with Crippen LogP contribution in [0.4, 0.5) is 4.79 Å². The van der Waals surface area contributed by atoms with Crippen LogP contribution in [-0.2, 0) is 4.74 Å². The van der Waals surface area contributed by atoms with E-state index in [0.29, 0.717) is 36.8 Å². The summed E-state index contributed by atoms with van der Waals surface area (Å²) in [4.78, 5) is 31.9. The van der Waals surface area contributed by atoms with Gasteiger partial charge in [0.15, 0.2) is 5.69 Å². The first-order chi connectivity index (χ1) is 17.7. The molecule has 3 heterocycles. The van der Waals surface area contributed by atoms with Crippen molar-refractivity contribution in [2.75, 3.05) is 25.1 Å². The van der Waals surface area contributed by atoms with Crippen molar-refractivity contribution >= 4 is 12.0 Å². The summed E-state index contributed by atoms with van der Waals surface area (Å²) in [6.07, 6.45) is 1.41. The van der Waals surface area contributed by atoms with Gasteiger partial charge in [-0.1, -0.05) is 18.2 Å². The summed E-state index contributed by atoms with van der Waals surface area (Å²) in [6.45, 7) is 7.53.